The first kappa shape index (κ1) is 22.1. The zero-order valence-electron chi connectivity index (χ0n) is 16.0. The Morgan fingerprint density at radius 2 is 1.96 bits per heavy atom. The topological polar surface area (TPSA) is 95.0 Å². The molecule has 7 nitrogen and oxygen atoms in total. The average Bonchev–Trinajstić information content (AvgIpc) is 2.59. The number of halogens is 3. The molecule has 0 spiro atoms. The number of ether oxygens (including phenoxy) is 2. The van der Waals surface area contributed by atoms with Crippen LogP contribution in [0.25, 0.3) is 0 Å². The van der Waals surface area contributed by atoms with Crippen molar-refractivity contribution < 1.29 is 31.9 Å². The zero-order chi connectivity index (χ0) is 21.1. The second-order valence-corrected chi connectivity index (χ2v) is 7.76. The Morgan fingerprint density at radius 3 is 2.46 bits per heavy atom. The molecule has 2 rings (SSSR count). The van der Waals surface area contributed by atoms with Crippen LogP contribution in [0, 0.1) is 5.92 Å². The predicted octanol–water partition coefficient (Wildman–Crippen LogP) is 3.01. The Labute approximate surface area is 160 Å². The second kappa shape index (κ2) is 8.42. The molecule has 1 aliphatic rings. The summed E-state index contributed by atoms with van der Waals surface area (Å²) in [6, 6.07) is 0.562. The van der Waals surface area contributed by atoms with E-state index in [1.807, 2.05) is 0 Å². The van der Waals surface area contributed by atoms with Gasteiger partial charge in [0.1, 0.15) is 11.9 Å². The molecule has 1 aromatic rings. The van der Waals surface area contributed by atoms with Crippen molar-refractivity contribution in [2.45, 2.75) is 51.4 Å². The fraction of sp³-hybridized carbons (Fsp3) is 0.667. The van der Waals surface area contributed by atoms with E-state index in [1.165, 1.54) is 0 Å². The fourth-order valence-electron chi connectivity index (χ4n) is 2.63. The van der Waals surface area contributed by atoms with Gasteiger partial charge < -0.3 is 18.8 Å². The summed E-state index contributed by atoms with van der Waals surface area (Å²) in [6.45, 7) is 6.53. The highest BCUT2D eigenvalue weighted by atomic mass is 19.3. The quantitative estimate of drug-likeness (QED) is 0.756. The van der Waals surface area contributed by atoms with Gasteiger partial charge in [0.15, 0.2) is 5.76 Å². The van der Waals surface area contributed by atoms with E-state index in [-0.39, 0.29) is 24.4 Å². The van der Waals surface area contributed by atoms with Gasteiger partial charge in [0.2, 0.25) is 11.2 Å². The van der Waals surface area contributed by atoms with Gasteiger partial charge in [0.05, 0.1) is 6.61 Å². The van der Waals surface area contributed by atoms with E-state index in [4.69, 9.17) is 19.6 Å². The fourth-order valence-corrected chi connectivity index (χ4v) is 2.63. The number of carbonyl (C=O) groups is 1. The Morgan fingerprint density at radius 1 is 1.36 bits per heavy atom. The van der Waals surface area contributed by atoms with Crippen LogP contribution in [0.3, 0.4) is 0 Å². The third kappa shape index (κ3) is 5.63. The number of rotatable bonds is 5. The summed E-state index contributed by atoms with van der Waals surface area (Å²) in [4.78, 5) is 25.6. The van der Waals surface area contributed by atoms with Gasteiger partial charge in [0, 0.05) is 19.2 Å². The molecule has 2 N–H and O–H groups in total. The standard InChI is InChI=1S/C18H25F3N2O5/c1-17(2,3)28-16(25)23-6-4-11(5-7-23)9-26-13-10-27-14(8-12(13)24)18(21,22)15(19)20/h8,10-11,15H,4-7,9,22H2,1-3H3. The molecule has 1 amide bonds. The van der Waals surface area contributed by atoms with Crippen molar-refractivity contribution in [2.24, 2.45) is 11.7 Å². The van der Waals surface area contributed by atoms with Crippen LogP contribution in [0.4, 0.5) is 18.0 Å². The van der Waals surface area contributed by atoms with Crippen molar-refractivity contribution in [3.63, 3.8) is 0 Å². The minimum absolute atomic E-state index is 0.0774. The van der Waals surface area contributed by atoms with Gasteiger partial charge in [-0.05, 0) is 39.5 Å². The Hall–Kier alpha value is -2.23. The number of piperidine rings is 1. The van der Waals surface area contributed by atoms with Crippen LogP contribution in [0.1, 0.15) is 39.4 Å². The summed E-state index contributed by atoms with van der Waals surface area (Å²) in [5.74, 6) is -4.66. The van der Waals surface area contributed by atoms with Gasteiger partial charge in [-0.15, -0.1) is 0 Å². The van der Waals surface area contributed by atoms with E-state index in [2.05, 4.69) is 0 Å². The van der Waals surface area contributed by atoms with Crippen LogP contribution in [0.2, 0.25) is 0 Å². The second-order valence-electron chi connectivity index (χ2n) is 7.76. The summed E-state index contributed by atoms with van der Waals surface area (Å²) >= 11 is 0. The summed E-state index contributed by atoms with van der Waals surface area (Å²) in [5.41, 5.74) is 3.46. The first-order valence-electron chi connectivity index (χ1n) is 8.90. The molecule has 2 heterocycles. The highest BCUT2D eigenvalue weighted by molar-refractivity contribution is 5.68. The maximum atomic E-state index is 13.7. The first-order chi connectivity index (χ1) is 12.9. The Balaban J connectivity index is 1.87. The van der Waals surface area contributed by atoms with Gasteiger partial charge in [-0.1, -0.05) is 0 Å². The van der Waals surface area contributed by atoms with Gasteiger partial charge >= 0.3 is 6.09 Å². The Kier molecular flexibility index (Phi) is 6.63. The van der Waals surface area contributed by atoms with E-state index in [0.717, 1.165) is 6.26 Å². The minimum atomic E-state index is -3.55. The molecule has 28 heavy (non-hydrogen) atoms. The molecular formula is C18H25F3N2O5. The van der Waals surface area contributed by atoms with E-state index in [9.17, 15) is 22.8 Å². The summed E-state index contributed by atoms with van der Waals surface area (Å²) in [5, 5.41) is 0. The maximum Gasteiger partial charge on any atom is 0.410 e. The summed E-state index contributed by atoms with van der Waals surface area (Å²) in [7, 11) is 0. The number of amides is 1. The van der Waals surface area contributed by atoms with E-state index >= 15 is 0 Å². The number of hydrogen-bond acceptors (Lipinski definition) is 6. The third-order valence-electron chi connectivity index (χ3n) is 4.23. The van der Waals surface area contributed by atoms with Gasteiger partial charge in [-0.25, -0.2) is 18.0 Å². The molecular weight excluding hydrogens is 381 g/mol. The van der Waals surface area contributed by atoms with Crippen LogP contribution in [0.5, 0.6) is 5.75 Å². The molecule has 1 saturated heterocycles. The van der Waals surface area contributed by atoms with E-state index in [1.54, 1.807) is 25.7 Å². The number of hydrogen-bond donors (Lipinski definition) is 1. The smallest absolute Gasteiger partial charge is 0.410 e. The first-order valence-corrected chi connectivity index (χ1v) is 8.90. The zero-order valence-corrected chi connectivity index (χ0v) is 16.0. The van der Waals surface area contributed by atoms with E-state index in [0.29, 0.717) is 32.0 Å². The lowest BCUT2D eigenvalue weighted by molar-refractivity contribution is -0.0494. The number of nitrogens with two attached hydrogens (primary N) is 1. The highest BCUT2D eigenvalue weighted by Gasteiger charge is 2.41. The van der Waals surface area contributed by atoms with Gasteiger partial charge in [-0.2, -0.15) is 0 Å². The van der Waals surface area contributed by atoms with Crippen molar-refractivity contribution in [1.82, 2.24) is 4.90 Å². The molecule has 0 aliphatic carbocycles. The minimum Gasteiger partial charge on any atom is -0.486 e. The molecule has 0 saturated carbocycles. The molecule has 0 radical (unpaired) electrons. The van der Waals surface area contributed by atoms with Crippen LogP contribution < -0.4 is 15.9 Å². The molecule has 1 fully saturated rings. The SMILES string of the molecule is CC(C)(C)OC(=O)N1CCC(COc2coc(C(N)(F)C(F)F)cc2=O)CC1. The van der Waals surface area contributed by atoms with Crippen molar-refractivity contribution in [2.75, 3.05) is 19.7 Å². The molecule has 0 aromatic carbocycles. The average molecular weight is 406 g/mol. The van der Waals surface area contributed by atoms with Crippen molar-refractivity contribution >= 4 is 6.09 Å². The summed E-state index contributed by atoms with van der Waals surface area (Å²) < 4.78 is 54.2. The summed E-state index contributed by atoms with van der Waals surface area (Å²) in [6.07, 6.45) is -1.86. The molecule has 158 valence electrons. The van der Waals surface area contributed by atoms with Crippen LogP contribution in [-0.4, -0.2) is 42.7 Å². The number of nitrogens with zero attached hydrogens (tertiary/aromatic N) is 1. The maximum absolute atomic E-state index is 13.7. The Bertz CT molecular complexity index is 737. The largest absolute Gasteiger partial charge is 0.486 e. The lowest BCUT2D eigenvalue weighted by Crippen LogP contribution is -2.42. The predicted molar refractivity (Wildman–Crippen MR) is 94.0 cm³/mol. The van der Waals surface area contributed by atoms with Crippen LogP contribution >= 0.6 is 0 Å². The van der Waals surface area contributed by atoms with Crippen LogP contribution in [-0.2, 0) is 10.5 Å². The van der Waals surface area contributed by atoms with Crippen LogP contribution in [0.15, 0.2) is 21.5 Å². The van der Waals surface area contributed by atoms with Crippen molar-refractivity contribution in [3.05, 3.63) is 28.3 Å². The van der Waals surface area contributed by atoms with E-state index < -0.39 is 29.0 Å². The van der Waals surface area contributed by atoms with Gasteiger partial charge in [0.25, 0.3) is 12.2 Å². The van der Waals surface area contributed by atoms with Crippen molar-refractivity contribution in [1.29, 1.82) is 0 Å². The number of carbonyl (C=O) groups excluding carboxylic acids is 1. The van der Waals surface area contributed by atoms with Crippen molar-refractivity contribution in [3.8, 4) is 5.75 Å². The molecule has 1 aliphatic heterocycles. The molecule has 0 bridgehead atoms. The molecule has 1 atom stereocenters. The monoisotopic (exact) mass is 406 g/mol. The number of likely N-dealkylation sites (tertiary alicyclic amines) is 1. The molecule has 1 aromatic heterocycles. The highest BCUT2D eigenvalue weighted by Crippen LogP contribution is 2.27. The molecule has 10 heteroatoms. The normalized spacial score (nSPS) is 18.1. The lowest BCUT2D eigenvalue weighted by Gasteiger charge is -2.33. The molecule has 1 unspecified atom stereocenters. The lowest BCUT2D eigenvalue weighted by atomic mass is 9.98. The van der Waals surface area contributed by atoms with Gasteiger partial charge in [-0.3, -0.25) is 10.5 Å². The number of alkyl halides is 3. The third-order valence-corrected chi connectivity index (χ3v) is 4.23.